The van der Waals surface area contributed by atoms with Gasteiger partial charge in [-0.1, -0.05) is 25.1 Å². The highest BCUT2D eigenvalue weighted by atomic mass is 19.1. The van der Waals surface area contributed by atoms with Gasteiger partial charge in [0.2, 0.25) is 0 Å². The lowest BCUT2D eigenvalue weighted by atomic mass is 9.99. The number of rotatable bonds is 5. The van der Waals surface area contributed by atoms with Crippen molar-refractivity contribution in [3.63, 3.8) is 0 Å². The first-order chi connectivity index (χ1) is 9.56. The Morgan fingerprint density at radius 2 is 2.15 bits per heavy atom. The summed E-state index contributed by atoms with van der Waals surface area (Å²) in [6.07, 6.45) is 1.64. The fourth-order valence-electron chi connectivity index (χ4n) is 2.45. The van der Waals surface area contributed by atoms with Crippen LogP contribution in [-0.4, -0.2) is 16.8 Å². The Hall–Kier alpha value is -1.68. The number of nitrogens with one attached hydrogen (secondary N) is 1. The average molecular weight is 275 g/mol. The van der Waals surface area contributed by atoms with Gasteiger partial charge in [0.15, 0.2) is 0 Å². The van der Waals surface area contributed by atoms with Crippen LogP contribution in [-0.2, 0) is 19.9 Å². The van der Waals surface area contributed by atoms with E-state index in [1.807, 2.05) is 30.9 Å². The average Bonchev–Trinajstić information content (AvgIpc) is 2.80. The van der Waals surface area contributed by atoms with Gasteiger partial charge in [-0.3, -0.25) is 4.68 Å². The molecule has 1 aromatic heterocycles. The fraction of sp³-hybridized carbons (Fsp3) is 0.438. The third-order valence-corrected chi connectivity index (χ3v) is 3.75. The molecule has 0 aliphatic rings. The maximum atomic E-state index is 14.3. The van der Waals surface area contributed by atoms with Crippen molar-refractivity contribution in [1.82, 2.24) is 15.1 Å². The summed E-state index contributed by atoms with van der Waals surface area (Å²) in [6.45, 7) is 3.88. The lowest BCUT2D eigenvalue weighted by Gasteiger charge is -2.18. The second-order valence-corrected chi connectivity index (χ2v) is 5.13. The molecule has 1 unspecified atom stereocenters. The zero-order valence-electron chi connectivity index (χ0n) is 12.6. The van der Waals surface area contributed by atoms with E-state index in [-0.39, 0.29) is 11.9 Å². The highest BCUT2D eigenvalue weighted by molar-refractivity contribution is 5.29. The Balaban J connectivity index is 2.28. The van der Waals surface area contributed by atoms with Crippen LogP contribution in [0.15, 0.2) is 24.3 Å². The van der Waals surface area contributed by atoms with Crippen LogP contribution in [0, 0.1) is 12.7 Å². The largest absolute Gasteiger partial charge is 0.313 e. The summed E-state index contributed by atoms with van der Waals surface area (Å²) in [7, 11) is 3.80. The Bertz CT molecular complexity index is 589. The molecule has 0 aliphatic carbocycles. The Kier molecular flexibility index (Phi) is 4.55. The summed E-state index contributed by atoms with van der Waals surface area (Å²) in [5.41, 5.74) is 3.58. The van der Waals surface area contributed by atoms with Gasteiger partial charge >= 0.3 is 0 Å². The SMILES string of the molecule is CCc1cc(CC(NC)c2cccc(C)c2F)n(C)n1. The van der Waals surface area contributed by atoms with Gasteiger partial charge in [0.05, 0.1) is 5.69 Å². The molecule has 3 nitrogen and oxygen atoms in total. The number of benzene rings is 1. The van der Waals surface area contributed by atoms with Crippen LogP contribution in [0.3, 0.4) is 0 Å². The standard InChI is InChI=1S/C16H22FN3/c1-5-12-9-13(20(4)19-12)10-15(18-3)14-8-6-7-11(2)16(14)17/h6-9,15,18H,5,10H2,1-4H3. The van der Waals surface area contributed by atoms with Crippen LogP contribution in [0.25, 0.3) is 0 Å². The molecule has 1 N–H and O–H groups in total. The third kappa shape index (κ3) is 2.90. The van der Waals surface area contributed by atoms with E-state index < -0.39 is 0 Å². The van der Waals surface area contributed by atoms with Gasteiger partial charge in [-0.05, 0) is 32.0 Å². The first kappa shape index (κ1) is 14.7. The monoisotopic (exact) mass is 275 g/mol. The maximum absolute atomic E-state index is 14.3. The van der Waals surface area contributed by atoms with Crippen molar-refractivity contribution in [2.45, 2.75) is 32.7 Å². The predicted molar refractivity (Wildman–Crippen MR) is 79.2 cm³/mol. The van der Waals surface area contributed by atoms with Gasteiger partial charge in [-0.15, -0.1) is 0 Å². The molecule has 4 heteroatoms. The molecule has 2 aromatic rings. The van der Waals surface area contributed by atoms with Crippen LogP contribution in [0.5, 0.6) is 0 Å². The van der Waals surface area contributed by atoms with E-state index in [0.717, 1.165) is 24.2 Å². The van der Waals surface area contributed by atoms with E-state index in [1.54, 1.807) is 13.0 Å². The number of likely N-dealkylation sites (N-methyl/N-ethyl adjacent to an activating group) is 1. The van der Waals surface area contributed by atoms with Crippen LogP contribution in [0.4, 0.5) is 4.39 Å². The second kappa shape index (κ2) is 6.18. The normalized spacial score (nSPS) is 12.7. The minimum Gasteiger partial charge on any atom is -0.313 e. The number of aryl methyl sites for hydroxylation is 3. The van der Waals surface area contributed by atoms with Crippen molar-refractivity contribution in [3.05, 3.63) is 52.6 Å². The van der Waals surface area contributed by atoms with Gasteiger partial charge < -0.3 is 5.32 Å². The molecule has 1 atom stereocenters. The minimum atomic E-state index is -0.121. The van der Waals surface area contributed by atoms with Crippen LogP contribution in [0.2, 0.25) is 0 Å². The van der Waals surface area contributed by atoms with E-state index in [9.17, 15) is 4.39 Å². The molecule has 0 radical (unpaired) electrons. The summed E-state index contributed by atoms with van der Waals surface area (Å²) in [5, 5.41) is 7.65. The fourth-order valence-corrected chi connectivity index (χ4v) is 2.45. The van der Waals surface area contributed by atoms with E-state index in [0.29, 0.717) is 11.1 Å². The van der Waals surface area contributed by atoms with Gasteiger partial charge in [0, 0.05) is 30.8 Å². The number of hydrogen-bond donors (Lipinski definition) is 1. The molecule has 108 valence electrons. The Morgan fingerprint density at radius 3 is 2.75 bits per heavy atom. The number of halogens is 1. The molecule has 0 saturated heterocycles. The van der Waals surface area contributed by atoms with Gasteiger partial charge in [0.1, 0.15) is 5.82 Å². The van der Waals surface area contributed by atoms with Gasteiger partial charge in [0.25, 0.3) is 0 Å². The van der Waals surface area contributed by atoms with Crippen LogP contribution in [0.1, 0.15) is 35.5 Å². The Labute approximate surface area is 119 Å². The molecule has 0 bridgehead atoms. The molecule has 0 fully saturated rings. The quantitative estimate of drug-likeness (QED) is 0.909. The number of hydrogen-bond acceptors (Lipinski definition) is 2. The first-order valence-electron chi connectivity index (χ1n) is 7.00. The lowest BCUT2D eigenvalue weighted by molar-refractivity contribution is 0.516. The molecular weight excluding hydrogens is 253 g/mol. The molecule has 0 aliphatic heterocycles. The molecule has 0 spiro atoms. The van der Waals surface area contributed by atoms with E-state index in [4.69, 9.17) is 0 Å². The predicted octanol–water partition coefficient (Wildman–Crippen LogP) is 2.93. The number of aromatic nitrogens is 2. The topological polar surface area (TPSA) is 29.9 Å². The Morgan fingerprint density at radius 1 is 1.40 bits per heavy atom. The summed E-state index contributed by atoms with van der Waals surface area (Å²) < 4.78 is 16.1. The summed E-state index contributed by atoms with van der Waals surface area (Å²) >= 11 is 0. The second-order valence-electron chi connectivity index (χ2n) is 5.13. The molecule has 20 heavy (non-hydrogen) atoms. The first-order valence-corrected chi connectivity index (χ1v) is 7.00. The summed E-state index contributed by atoms with van der Waals surface area (Å²) in [5.74, 6) is -0.121. The molecular formula is C16H22FN3. The molecule has 0 amide bonds. The van der Waals surface area contributed by atoms with Crippen molar-refractivity contribution in [2.24, 2.45) is 7.05 Å². The zero-order chi connectivity index (χ0) is 14.7. The van der Waals surface area contributed by atoms with Crippen molar-refractivity contribution in [3.8, 4) is 0 Å². The highest BCUT2D eigenvalue weighted by Gasteiger charge is 2.17. The van der Waals surface area contributed by atoms with E-state index >= 15 is 0 Å². The van der Waals surface area contributed by atoms with Crippen molar-refractivity contribution >= 4 is 0 Å². The lowest BCUT2D eigenvalue weighted by Crippen LogP contribution is -2.21. The molecule has 2 rings (SSSR count). The zero-order valence-corrected chi connectivity index (χ0v) is 12.6. The molecule has 0 saturated carbocycles. The smallest absolute Gasteiger partial charge is 0.130 e. The van der Waals surface area contributed by atoms with Crippen molar-refractivity contribution in [2.75, 3.05) is 7.05 Å². The highest BCUT2D eigenvalue weighted by Crippen LogP contribution is 2.23. The maximum Gasteiger partial charge on any atom is 0.130 e. The van der Waals surface area contributed by atoms with Crippen LogP contribution >= 0.6 is 0 Å². The number of nitrogens with zero attached hydrogens (tertiary/aromatic N) is 2. The van der Waals surface area contributed by atoms with Crippen molar-refractivity contribution < 1.29 is 4.39 Å². The van der Waals surface area contributed by atoms with Gasteiger partial charge in [-0.25, -0.2) is 4.39 Å². The minimum absolute atomic E-state index is 0.0463. The van der Waals surface area contributed by atoms with Gasteiger partial charge in [-0.2, -0.15) is 5.10 Å². The molecule has 1 aromatic carbocycles. The third-order valence-electron chi connectivity index (χ3n) is 3.75. The van der Waals surface area contributed by atoms with Crippen LogP contribution < -0.4 is 5.32 Å². The van der Waals surface area contributed by atoms with E-state index in [1.165, 1.54) is 0 Å². The van der Waals surface area contributed by atoms with E-state index in [2.05, 4.69) is 23.4 Å². The summed E-state index contributed by atoms with van der Waals surface area (Å²) in [4.78, 5) is 0. The summed E-state index contributed by atoms with van der Waals surface area (Å²) in [6, 6.07) is 7.59. The van der Waals surface area contributed by atoms with Crippen molar-refractivity contribution in [1.29, 1.82) is 0 Å². The molecule has 1 heterocycles.